The van der Waals surface area contributed by atoms with Crippen LogP contribution in [0.3, 0.4) is 0 Å². The van der Waals surface area contributed by atoms with Gasteiger partial charge in [0.15, 0.2) is 11.5 Å². The monoisotopic (exact) mass is 194 g/mol. The summed E-state index contributed by atoms with van der Waals surface area (Å²) in [6.07, 6.45) is 0. The SMILES string of the molecule is CC(=O)c1cc2c(Cl)cccc2o1. The van der Waals surface area contributed by atoms with Crippen molar-refractivity contribution in [1.29, 1.82) is 0 Å². The molecule has 0 N–H and O–H groups in total. The number of ketones is 1. The fourth-order valence-corrected chi connectivity index (χ4v) is 1.42. The molecule has 0 fully saturated rings. The van der Waals surface area contributed by atoms with E-state index in [4.69, 9.17) is 16.0 Å². The highest BCUT2D eigenvalue weighted by Crippen LogP contribution is 2.26. The van der Waals surface area contributed by atoms with Gasteiger partial charge in [-0.1, -0.05) is 17.7 Å². The molecule has 0 aliphatic heterocycles. The number of hydrogen-bond acceptors (Lipinski definition) is 2. The first kappa shape index (κ1) is 8.32. The molecule has 0 saturated carbocycles. The maximum Gasteiger partial charge on any atom is 0.194 e. The highest BCUT2D eigenvalue weighted by atomic mass is 35.5. The van der Waals surface area contributed by atoms with Crippen LogP contribution in [-0.2, 0) is 0 Å². The van der Waals surface area contributed by atoms with Gasteiger partial charge in [-0.05, 0) is 18.2 Å². The molecule has 0 bridgehead atoms. The van der Waals surface area contributed by atoms with E-state index in [1.165, 1.54) is 6.92 Å². The summed E-state index contributed by atoms with van der Waals surface area (Å²) in [6.45, 7) is 1.46. The Hall–Kier alpha value is -1.28. The maximum absolute atomic E-state index is 11.0. The molecule has 1 aromatic carbocycles. The first-order valence-electron chi connectivity index (χ1n) is 3.87. The lowest BCUT2D eigenvalue weighted by molar-refractivity contribution is 0.0989. The topological polar surface area (TPSA) is 30.2 Å². The second-order valence-corrected chi connectivity index (χ2v) is 3.23. The molecule has 0 amide bonds. The molecule has 1 aromatic heterocycles. The standard InChI is InChI=1S/C10H7ClO2/c1-6(12)10-5-7-8(11)3-2-4-9(7)13-10/h2-5H,1H3. The third-order valence-electron chi connectivity index (χ3n) is 1.86. The first-order chi connectivity index (χ1) is 6.18. The van der Waals surface area contributed by atoms with Crippen LogP contribution in [-0.4, -0.2) is 5.78 Å². The lowest BCUT2D eigenvalue weighted by atomic mass is 10.2. The molecule has 13 heavy (non-hydrogen) atoms. The van der Waals surface area contributed by atoms with Crippen LogP contribution in [0.4, 0.5) is 0 Å². The number of carbonyl (C=O) groups excluding carboxylic acids is 1. The molecule has 0 aliphatic rings. The molecule has 2 aromatic rings. The van der Waals surface area contributed by atoms with Gasteiger partial charge in [0.1, 0.15) is 5.58 Å². The lowest BCUT2D eigenvalue weighted by Gasteiger charge is -1.88. The fourth-order valence-electron chi connectivity index (χ4n) is 1.20. The van der Waals surface area contributed by atoms with Crippen molar-refractivity contribution in [3.63, 3.8) is 0 Å². The van der Waals surface area contributed by atoms with Gasteiger partial charge in [-0.2, -0.15) is 0 Å². The first-order valence-corrected chi connectivity index (χ1v) is 4.25. The van der Waals surface area contributed by atoms with Crippen LogP contribution in [0.1, 0.15) is 17.5 Å². The van der Waals surface area contributed by atoms with Crippen LogP contribution in [0, 0.1) is 0 Å². The Bertz CT molecular complexity index is 471. The van der Waals surface area contributed by atoms with E-state index in [2.05, 4.69) is 0 Å². The van der Waals surface area contributed by atoms with Crippen LogP contribution >= 0.6 is 11.6 Å². The average Bonchev–Trinajstić information content (AvgIpc) is 2.49. The van der Waals surface area contributed by atoms with E-state index in [-0.39, 0.29) is 5.78 Å². The number of carbonyl (C=O) groups is 1. The van der Waals surface area contributed by atoms with Gasteiger partial charge in [-0.15, -0.1) is 0 Å². The number of benzene rings is 1. The molecule has 0 atom stereocenters. The summed E-state index contributed by atoms with van der Waals surface area (Å²) in [4.78, 5) is 11.0. The number of halogens is 1. The Morgan fingerprint density at radius 3 is 2.85 bits per heavy atom. The quantitative estimate of drug-likeness (QED) is 0.652. The molecule has 0 radical (unpaired) electrons. The zero-order valence-corrected chi connectivity index (χ0v) is 7.76. The summed E-state index contributed by atoms with van der Waals surface area (Å²) in [5.74, 6) is 0.260. The molecule has 0 spiro atoms. The van der Waals surface area contributed by atoms with E-state index >= 15 is 0 Å². The molecule has 0 saturated heterocycles. The number of fused-ring (bicyclic) bond motifs is 1. The van der Waals surface area contributed by atoms with Gasteiger partial charge >= 0.3 is 0 Å². The summed E-state index contributed by atoms with van der Waals surface area (Å²) in [7, 11) is 0. The van der Waals surface area contributed by atoms with Crippen LogP contribution < -0.4 is 0 Å². The summed E-state index contributed by atoms with van der Waals surface area (Å²) in [5, 5.41) is 1.39. The van der Waals surface area contributed by atoms with Crippen molar-refractivity contribution in [2.45, 2.75) is 6.92 Å². The molecule has 2 nitrogen and oxygen atoms in total. The summed E-state index contributed by atoms with van der Waals surface area (Å²) in [5.41, 5.74) is 0.651. The van der Waals surface area contributed by atoms with Gasteiger partial charge in [0.25, 0.3) is 0 Å². The van der Waals surface area contributed by atoms with E-state index in [1.54, 1.807) is 24.3 Å². The van der Waals surface area contributed by atoms with Gasteiger partial charge in [0.2, 0.25) is 0 Å². The zero-order valence-electron chi connectivity index (χ0n) is 7.00. The highest BCUT2D eigenvalue weighted by Gasteiger charge is 2.08. The third-order valence-corrected chi connectivity index (χ3v) is 2.18. The van der Waals surface area contributed by atoms with Gasteiger partial charge in [-0.3, -0.25) is 4.79 Å². The maximum atomic E-state index is 11.0. The number of hydrogen-bond donors (Lipinski definition) is 0. The molecular formula is C10H7ClO2. The van der Waals surface area contributed by atoms with E-state index < -0.39 is 0 Å². The highest BCUT2D eigenvalue weighted by molar-refractivity contribution is 6.35. The lowest BCUT2D eigenvalue weighted by Crippen LogP contribution is -1.85. The second kappa shape index (κ2) is 2.89. The van der Waals surface area contributed by atoms with E-state index in [0.717, 1.165) is 5.39 Å². The summed E-state index contributed by atoms with van der Waals surface area (Å²) in [6, 6.07) is 7.01. The Labute approximate surface area is 80.1 Å². The predicted molar refractivity (Wildman–Crippen MR) is 51.2 cm³/mol. The minimum Gasteiger partial charge on any atom is -0.453 e. The van der Waals surface area contributed by atoms with Gasteiger partial charge < -0.3 is 4.42 Å². The molecule has 0 aliphatic carbocycles. The van der Waals surface area contributed by atoms with Crippen molar-refractivity contribution in [2.24, 2.45) is 0 Å². The minimum absolute atomic E-state index is 0.0905. The van der Waals surface area contributed by atoms with Crippen LogP contribution in [0.5, 0.6) is 0 Å². The molecular weight excluding hydrogens is 188 g/mol. The molecule has 0 unspecified atom stereocenters. The van der Waals surface area contributed by atoms with Crippen molar-refractivity contribution >= 4 is 28.4 Å². The smallest absolute Gasteiger partial charge is 0.194 e. The fraction of sp³-hybridized carbons (Fsp3) is 0.100. The Balaban J connectivity index is 2.75. The van der Waals surface area contributed by atoms with Crippen molar-refractivity contribution in [2.75, 3.05) is 0 Å². The molecule has 66 valence electrons. The van der Waals surface area contributed by atoms with Gasteiger partial charge in [0.05, 0.1) is 5.02 Å². The average molecular weight is 195 g/mol. The normalized spacial score (nSPS) is 10.6. The molecule has 2 rings (SSSR count). The van der Waals surface area contributed by atoms with Crippen LogP contribution in [0.25, 0.3) is 11.0 Å². The zero-order chi connectivity index (χ0) is 9.42. The predicted octanol–water partition coefficient (Wildman–Crippen LogP) is 3.29. The largest absolute Gasteiger partial charge is 0.453 e. The van der Waals surface area contributed by atoms with E-state index in [9.17, 15) is 4.79 Å². The summed E-state index contributed by atoms with van der Waals surface area (Å²) < 4.78 is 5.28. The Morgan fingerprint density at radius 2 is 2.23 bits per heavy atom. The van der Waals surface area contributed by atoms with Gasteiger partial charge in [0, 0.05) is 12.3 Å². The van der Waals surface area contributed by atoms with E-state index in [0.29, 0.717) is 16.4 Å². The third kappa shape index (κ3) is 1.33. The van der Waals surface area contributed by atoms with Crippen LogP contribution in [0.15, 0.2) is 28.7 Å². The molecule has 3 heteroatoms. The Morgan fingerprint density at radius 1 is 1.46 bits per heavy atom. The Kier molecular flexibility index (Phi) is 1.85. The summed E-state index contributed by atoms with van der Waals surface area (Å²) >= 11 is 5.90. The minimum atomic E-state index is -0.0905. The second-order valence-electron chi connectivity index (χ2n) is 2.82. The van der Waals surface area contributed by atoms with E-state index in [1.807, 2.05) is 0 Å². The van der Waals surface area contributed by atoms with Crippen LogP contribution in [0.2, 0.25) is 5.02 Å². The number of furan rings is 1. The number of rotatable bonds is 1. The van der Waals surface area contributed by atoms with Crippen molar-refractivity contribution in [3.8, 4) is 0 Å². The van der Waals surface area contributed by atoms with Crippen molar-refractivity contribution in [1.82, 2.24) is 0 Å². The van der Waals surface area contributed by atoms with Gasteiger partial charge in [-0.25, -0.2) is 0 Å². The number of Topliss-reactive ketones (excluding diaryl/α,β-unsaturated/α-hetero) is 1. The van der Waals surface area contributed by atoms with Crippen molar-refractivity contribution in [3.05, 3.63) is 35.0 Å². The van der Waals surface area contributed by atoms with Crippen molar-refractivity contribution < 1.29 is 9.21 Å². The molecule has 1 heterocycles.